The Morgan fingerprint density at radius 3 is 2.89 bits per heavy atom. The van der Waals surface area contributed by atoms with Crippen LogP contribution in [0.5, 0.6) is 0 Å². The van der Waals surface area contributed by atoms with E-state index >= 15 is 0 Å². The molecule has 1 saturated heterocycles. The fourth-order valence-electron chi connectivity index (χ4n) is 2.83. The molecule has 0 saturated carbocycles. The highest BCUT2D eigenvalue weighted by Gasteiger charge is 2.39. The van der Waals surface area contributed by atoms with Gasteiger partial charge in [-0.25, -0.2) is 4.39 Å². The smallest absolute Gasteiger partial charge is 0.157 e. The Bertz CT molecular complexity index is 469. The summed E-state index contributed by atoms with van der Waals surface area (Å²) in [6, 6.07) is 4.49. The van der Waals surface area contributed by atoms with E-state index in [1.807, 2.05) is 0 Å². The lowest BCUT2D eigenvalue weighted by atomic mass is 9.84. The first-order valence-corrected chi connectivity index (χ1v) is 7.17. The number of hydrogen-bond acceptors (Lipinski definition) is 2. The summed E-state index contributed by atoms with van der Waals surface area (Å²) in [5, 5.41) is 3.68. The van der Waals surface area contributed by atoms with Gasteiger partial charge in [0.05, 0.1) is 5.54 Å². The maximum Gasteiger partial charge on any atom is 0.157 e. The lowest BCUT2D eigenvalue weighted by Gasteiger charge is -2.27. The standard InChI is InChI=1S/C15H19ClFNO/c1-2-6-15(7-3-8-18-15)14(19)9-11-4-5-12(16)10-13(11)17/h4-5,10,18H,2-3,6-9H2,1H3. The van der Waals surface area contributed by atoms with Crippen molar-refractivity contribution in [3.63, 3.8) is 0 Å². The van der Waals surface area contributed by atoms with Crippen LogP contribution in [0.4, 0.5) is 4.39 Å². The van der Waals surface area contributed by atoms with Crippen molar-refractivity contribution < 1.29 is 9.18 Å². The first-order chi connectivity index (χ1) is 9.07. The summed E-state index contributed by atoms with van der Waals surface area (Å²) in [4.78, 5) is 12.5. The van der Waals surface area contributed by atoms with Crippen LogP contribution in [0.3, 0.4) is 0 Å². The molecule has 0 radical (unpaired) electrons. The molecule has 0 aliphatic carbocycles. The van der Waals surface area contributed by atoms with Crippen LogP contribution in [0.25, 0.3) is 0 Å². The molecule has 1 aromatic rings. The van der Waals surface area contributed by atoms with Crippen molar-refractivity contribution in [2.75, 3.05) is 6.54 Å². The van der Waals surface area contributed by atoms with Crippen molar-refractivity contribution in [3.05, 3.63) is 34.6 Å². The number of hydrogen-bond donors (Lipinski definition) is 1. The zero-order chi connectivity index (χ0) is 13.9. The summed E-state index contributed by atoms with van der Waals surface area (Å²) in [7, 11) is 0. The summed E-state index contributed by atoms with van der Waals surface area (Å²) < 4.78 is 13.8. The number of carbonyl (C=O) groups is 1. The average Bonchev–Trinajstić information content (AvgIpc) is 2.83. The van der Waals surface area contributed by atoms with Gasteiger partial charge in [-0.3, -0.25) is 4.79 Å². The highest BCUT2D eigenvalue weighted by atomic mass is 35.5. The van der Waals surface area contributed by atoms with E-state index in [1.54, 1.807) is 12.1 Å². The van der Waals surface area contributed by atoms with E-state index in [4.69, 9.17) is 11.6 Å². The minimum absolute atomic E-state index is 0.0908. The number of nitrogens with one attached hydrogen (secondary N) is 1. The van der Waals surface area contributed by atoms with Crippen LogP contribution in [0.1, 0.15) is 38.2 Å². The molecule has 0 amide bonds. The second kappa shape index (κ2) is 6.02. The number of halogens is 2. The van der Waals surface area contributed by atoms with E-state index < -0.39 is 11.4 Å². The Labute approximate surface area is 118 Å². The fraction of sp³-hybridized carbons (Fsp3) is 0.533. The number of ketones is 1. The van der Waals surface area contributed by atoms with Gasteiger partial charge in [-0.2, -0.15) is 0 Å². The Kier molecular flexibility index (Phi) is 4.58. The van der Waals surface area contributed by atoms with Gasteiger partial charge in [0.15, 0.2) is 5.78 Å². The van der Waals surface area contributed by atoms with Crippen molar-refractivity contribution in [1.82, 2.24) is 5.32 Å². The van der Waals surface area contributed by atoms with Gasteiger partial charge >= 0.3 is 0 Å². The molecular formula is C15H19ClFNO. The molecule has 1 N–H and O–H groups in total. The van der Waals surface area contributed by atoms with Crippen LogP contribution in [0.15, 0.2) is 18.2 Å². The number of Topliss-reactive ketones (excluding diaryl/α,β-unsaturated/α-hetero) is 1. The summed E-state index contributed by atoms with van der Waals surface area (Å²) in [6.07, 6.45) is 3.77. The molecule has 1 unspecified atom stereocenters. The lowest BCUT2D eigenvalue weighted by Crippen LogP contribution is -2.48. The minimum atomic E-state index is -0.444. The third-order valence-electron chi connectivity index (χ3n) is 3.82. The number of rotatable bonds is 5. The molecule has 2 nitrogen and oxygen atoms in total. The molecule has 104 valence electrons. The predicted octanol–water partition coefficient (Wildman–Crippen LogP) is 3.51. The predicted molar refractivity (Wildman–Crippen MR) is 75.0 cm³/mol. The lowest BCUT2D eigenvalue weighted by molar-refractivity contribution is -0.124. The monoisotopic (exact) mass is 283 g/mol. The van der Waals surface area contributed by atoms with Crippen molar-refractivity contribution in [1.29, 1.82) is 0 Å². The molecule has 0 bridgehead atoms. The summed E-state index contributed by atoms with van der Waals surface area (Å²) in [5.74, 6) is -0.307. The van der Waals surface area contributed by atoms with Crippen molar-refractivity contribution in [2.45, 2.75) is 44.6 Å². The zero-order valence-electron chi connectivity index (χ0n) is 11.1. The molecule has 1 atom stereocenters. The van der Waals surface area contributed by atoms with Gasteiger partial charge in [0.1, 0.15) is 5.82 Å². The fourth-order valence-corrected chi connectivity index (χ4v) is 2.99. The normalized spacial score (nSPS) is 22.7. The molecule has 1 aliphatic heterocycles. The van der Waals surface area contributed by atoms with Crippen molar-refractivity contribution >= 4 is 17.4 Å². The van der Waals surface area contributed by atoms with Gasteiger partial charge < -0.3 is 5.32 Å². The van der Waals surface area contributed by atoms with E-state index in [1.165, 1.54) is 6.07 Å². The van der Waals surface area contributed by atoms with E-state index in [2.05, 4.69) is 12.2 Å². The van der Waals surface area contributed by atoms with E-state index in [0.29, 0.717) is 10.6 Å². The number of benzene rings is 1. The van der Waals surface area contributed by atoms with Crippen LogP contribution in [0, 0.1) is 5.82 Å². The van der Waals surface area contributed by atoms with Crippen LogP contribution in [-0.2, 0) is 11.2 Å². The molecule has 0 spiro atoms. The first kappa shape index (κ1) is 14.5. The minimum Gasteiger partial charge on any atom is -0.305 e. The Morgan fingerprint density at radius 1 is 1.53 bits per heavy atom. The molecule has 1 fully saturated rings. The van der Waals surface area contributed by atoms with Crippen LogP contribution < -0.4 is 5.32 Å². The van der Waals surface area contributed by atoms with Gasteiger partial charge in [-0.1, -0.05) is 31.0 Å². The molecule has 0 aromatic heterocycles. The SMILES string of the molecule is CCCC1(C(=O)Cc2ccc(Cl)cc2F)CCCN1. The highest BCUT2D eigenvalue weighted by molar-refractivity contribution is 6.30. The average molecular weight is 284 g/mol. The second-order valence-corrected chi connectivity index (χ2v) is 5.63. The summed E-state index contributed by atoms with van der Waals surface area (Å²) >= 11 is 5.72. The van der Waals surface area contributed by atoms with Crippen LogP contribution in [-0.4, -0.2) is 17.9 Å². The second-order valence-electron chi connectivity index (χ2n) is 5.20. The largest absolute Gasteiger partial charge is 0.305 e. The Hall–Kier alpha value is -0.930. The third-order valence-corrected chi connectivity index (χ3v) is 4.06. The molecule has 1 aromatic carbocycles. The summed E-state index contributed by atoms with van der Waals surface area (Å²) in [6.45, 7) is 2.94. The van der Waals surface area contributed by atoms with Gasteiger partial charge in [0, 0.05) is 11.4 Å². The quantitative estimate of drug-likeness (QED) is 0.896. The Morgan fingerprint density at radius 2 is 2.32 bits per heavy atom. The van der Waals surface area contributed by atoms with Gasteiger partial charge in [-0.05, 0) is 43.5 Å². The topological polar surface area (TPSA) is 29.1 Å². The maximum atomic E-state index is 13.8. The molecule has 2 rings (SSSR count). The third kappa shape index (κ3) is 3.15. The summed E-state index contributed by atoms with van der Waals surface area (Å²) in [5.41, 5.74) is -0.0144. The first-order valence-electron chi connectivity index (χ1n) is 6.79. The number of carbonyl (C=O) groups excluding carboxylic acids is 1. The van der Waals surface area contributed by atoms with Crippen molar-refractivity contribution in [2.24, 2.45) is 0 Å². The molecular weight excluding hydrogens is 265 g/mol. The van der Waals surface area contributed by atoms with Crippen LogP contribution in [0.2, 0.25) is 5.02 Å². The van der Waals surface area contributed by atoms with E-state index in [9.17, 15) is 9.18 Å². The van der Waals surface area contributed by atoms with Crippen molar-refractivity contribution in [3.8, 4) is 0 Å². The van der Waals surface area contributed by atoms with Crippen LogP contribution >= 0.6 is 11.6 Å². The van der Waals surface area contributed by atoms with Gasteiger partial charge in [0.25, 0.3) is 0 Å². The molecule has 4 heteroatoms. The maximum absolute atomic E-state index is 13.8. The Balaban J connectivity index is 2.15. The molecule has 19 heavy (non-hydrogen) atoms. The van der Waals surface area contributed by atoms with Gasteiger partial charge in [0.2, 0.25) is 0 Å². The highest BCUT2D eigenvalue weighted by Crippen LogP contribution is 2.28. The molecule has 1 aliphatic rings. The molecule has 1 heterocycles. The van der Waals surface area contributed by atoms with Gasteiger partial charge in [-0.15, -0.1) is 0 Å². The zero-order valence-corrected chi connectivity index (χ0v) is 11.9. The van der Waals surface area contributed by atoms with E-state index in [-0.39, 0.29) is 12.2 Å². The van der Waals surface area contributed by atoms with E-state index in [0.717, 1.165) is 32.2 Å².